The number of carbonyl (C=O) groups is 1. The number of carboxylic acid groups (broad SMARTS) is 1. The smallest absolute Gasteiger partial charge is 0.354 e. The summed E-state index contributed by atoms with van der Waals surface area (Å²) >= 11 is 1.50. The van der Waals surface area contributed by atoms with E-state index < -0.39 is 5.97 Å². The van der Waals surface area contributed by atoms with Crippen LogP contribution in [0, 0.1) is 0 Å². The van der Waals surface area contributed by atoms with Gasteiger partial charge in [-0.25, -0.2) is 14.5 Å². The van der Waals surface area contributed by atoms with Crippen molar-refractivity contribution in [1.29, 1.82) is 0 Å². The van der Waals surface area contributed by atoms with Crippen LogP contribution < -0.4 is 0 Å². The first-order valence-electron chi connectivity index (χ1n) is 5.83. The fourth-order valence-corrected chi connectivity index (χ4v) is 2.55. The molecule has 0 bridgehead atoms. The maximum atomic E-state index is 10.8. The van der Waals surface area contributed by atoms with Crippen LogP contribution in [0.4, 0.5) is 0 Å². The number of tetrazole rings is 1. The van der Waals surface area contributed by atoms with Crippen LogP contribution in [0.1, 0.15) is 34.9 Å². The van der Waals surface area contributed by atoms with Gasteiger partial charge in [0, 0.05) is 11.9 Å². The van der Waals surface area contributed by atoms with Crippen LogP contribution in [0.5, 0.6) is 0 Å². The van der Waals surface area contributed by atoms with Crippen LogP contribution in [0.3, 0.4) is 0 Å². The topological polar surface area (TPSA) is 93.8 Å². The molecular weight excluding hydrogens is 266 g/mol. The molecule has 1 saturated carbocycles. The molecule has 0 radical (unpaired) electrons. The lowest BCUT2D eigenvalue weighted by Gasteiger charge is -2.03. The number of hydrogen-bond acceptors (Lipinski definition) is 6. The van der Waals surface area contributed by atoms with Gasteiger partial charge in [0.2, 0.25) is 5.16 Å². The summed E-state index contributed by atoms with van der Waals surface area (Å²) < 4.78 is 1.84. The minimum atomic E-state index is -1.02. The molecule has 2 aromatic rings. The number of hydrogen-bond donors (Lipinski definition) is 1. The molecule has 8 heteroatoms. The molecule has 0 unspecified atom stereocenters. The minimum absolute atomic E-state index is 0.0554. The summed E-state index contributed by atoms with van der Waals surface area (Å²) in [4.78, 5) is 14.6. The Balaban J connectivity index is 1.70. The van der Waals surface area contributed by atoms with Crippen molar-refractivity contribution in [3.63, 3.8) is 0 Å². The van der Waals surface area contributed by atoms with Crippen molar-refractivity contribution < 1.29 is 9.90 Å². The van der Waals surface area contributed by atoms with Gasteiger partial charge in [-0.1, -0.05) is 11.8 Å². The summed E-state index contributed by atoms with van der Waals surface area (Å²) in [6.45, 7) is 0. The van der Waals surface area contributed by atoms with E-state index >= 15 is 0 Å². The number of aromatic nitrogens is 5. The van der Waals surface area contributed by atoms with Crippen molar-refractivity contribution >= 4 is 17.7 Å². The first-order chi connectivity index (χ1) is 9.24. The van der Waals surface area contributed by atoms with E-state index in [1.807, 2.05) is 4.68 Å². The zero-order chi connectivity index (χ0) is 13.2. The summed E-state index contributed by atoms with van der Waals surface area (Å²) in [6, 6.07) is 3.80. The summed E-state index contributed by atoms with van der Waals surface area (Å²) in [6.07, 6.45) is 3.75. The van der Waals surface area contributed by atoms with Crippen LogP contribution in [-0.2, 0) is 5.75 Å². The van der Waals surface area contributed by atoms with Crippen LogP contribution >= 0.6 is 11.8 Å². The van der Waals surface area contributed by atoms with Gasteiger partial charge in [-0.15, -0.1) is 5.10 Å². The van der Waals surface area contributed by atoms with Gasteiger partial charge in [0.1, 0.15) is 5.69 Å². The Morgan fingerprint density at radius 1 is 1.53 bits per heavy atom. The lowest BCUT2D eigenvalue weighted by Crippen LogP contribution is -2.01. The lowest BCUT2D eigenvalue weighted by molar-refractivity contribution is 0.0690. The van der Waals surface area contributed by atoms with Gasteiger partial charge in [0.05, 0.1) is 6.04 Å². The lowest BCUT2D eigenvalue weighted by atomic mass is 10.2. The van der Waals surface area contributed by atoms with Gasteiger partial charge in [0.25, 0.3) is 0 Å². The molecule has 7 nitrogen and oxygen atoms in total. The van der Waals surface area contributed by atoms with Gasteiger partial charge < -0.3 is 5.11 Å². The zero-order valence-electron chi connectivity index (χ0n) is 9.93. The summed E-state index contributed by atoms with van der Waals surface area (Å²) in [5, 5.41) is 21.3. The zero-order valence-corrected chi connectivity index (χ0v) is 10.7. The maximum Gasteiger partial charge on any atom is 0.354 e. The third kappa shape index (κ3) is 2.73. The van der Waals surface area contributed by atoms with E-state index in [-0.39, 0.29) is 5.69 Å². The second-order valence-corrected chi connectivity index (χ2v) is 5.22. The first-order valence-corrected chi connectivity index (χ1v) is 6.81. The molecule has 0 aliphatic heterocycles. The van der Waals surface area contributed by atoms with E-state index in [9.17, 15) is 4.79 Å². The van der Waals surface area contributed by atoms with E-state index in [2.05, 4.69) is 20.5 Å². The highest BCUT2D eigenvalue weighted by atomic mass is 32.2. The van der Waals surface area contributed by atoms with Crippen molar-refractivity contribution in [1.82, 2.24) is 25.2 Å². The standard InChI is InChI=1S/C11H11N5O2S/c17-10(18)9-5-7(3-4-12-9)6-19-11-13-14-15-16(11)8-1-2-8/h3-5,8H,1-2,6H2,(H,17,18). The van der Waals surface area contributed by atoms with Crippen LogP contribution in [0.15, 0.2) is 23.5 Å². The monoisotopic (exact) mass is 277 g/mol. The SMILES string of the molecule is O=C(O)c1cc(CSc2nnnn2C2CC2)ccn1. The predicted molar refractivity (Wildman–Crippen MR) is 66.8 cm³/mol. The third-order valence-electron chi connectivity index (χ3n) is 2.77. The Morgan fingerprint density at radius 3 is 3.11 bits per heavy atom. The summed E-state index contributed by atoms with van der Waals surface area (Å²) in [5.41, 5.74) is 0.947. The molecule has 2 heterocycles. The Hall–Kier alpha value is -1.96. The number of pyridine rings is 1. The molecule has 1 aliphatic rings. The maximum absolute atomic E-state index is 10.8. The highest BCUT2D eigenvalue weighted by molar-refractivity contribution is 7.98. The quantitative estimate of drug-likeness (QED) is 0.825. The average Bonchev–Trinajstić information content (AvgIpc) is 3.16. The molecule has 2 aromatic heterocycles. The Labute approximate surface area is 113 Å². The fourth-order valence-electron chi connectivity index (χ4n) is 1.66. The third-order valence-corrected chi connectivity index (χ3v) is 3.77. The number of aromatic carboxylic acids is 1. The van der Waals surface area contributed by atoms with Gasteiger partial charge in [0.15, 0.2) is 0 Å². The molecule has 1 fully saturated rings. The molecule has 19 heavy (non-hydrogen) atoms. The molecule has 1 aliphatic carbocycles. The van der Waals surface area contributed by atoms with E-state index in [0.717, 1.165) is 23.6 Å². The highest BCUT2D eigenvalue weighted by Gasteiger charge is 2.27. The molecular formula is C11H11N5O2S. The molecule has 0 aromatic carbocycles. The van der Waals surface area contributed by atoms with Crippen molar-refractivity contribution in [2.45, 2.75) is 29.8 Å². The Bertz CT molecular complexity index is 611. The summed E-state index contributed by atoms with van der Waals surface area (Å²) in [5.74, 6) is -0.398. The largest absolute Gasteiger partial charge is 0.477 e. The fraction of sp³-hybridized carbons (Fsp3) is 0.364. The molecule has 0 saturated heterocycles. The van der Waals surface area contributed by atoms with Gasteiger partial charge in [-0.2, -0.15) is 0 Å². The Kier molecular flexibility index (Phi) is 3.16. The van der Waals surface area contributed by atoms with Gasteiger partial charge in [-0.3, -0.25) is 0 Å². The van der Waals surface area contributed by atoms with Crippen molar-refractivity contribution in [2.24, 2.45) is 0 Å². The normalized spacial score (nSPS) is 14.5. The van der Waals surface area contributed by atoms with Gasteiger partial charge in [-0.05, 0) is 41.0 Å². The summed E-state index contributed by atoms with van der Waals surface area (Å²) in [7, 11) is 0. The molecule has 98 valence electrons. The van der Waals surface area contributed by atoms with Crippen LogP contribution in [0.2, 0.25) is 0 Å². The minimum Gasteiger partial charge on any atom is -0.477 e. The van der Waals surface area contributed by atoms with Crippen molar-refractivity contribution in [3.8, 4) is 0 Å². The van der Waals surface area contributed by atoms with E-state index in [4.69, 9.17) is 5.11 Å². The predicted octanol–water partition coefficient (Wildman–Crippen LogP) is 1.39. The van der Waals surface area contributed by atoms with Crippen LogP contribution in [0.25, 0.3) is 0 Å². The molecule has 1 N–H and O–H groups in total. The van der Waals surface area contributed by atoms with Crippen molar-refractivity contribution in [2.75, 3.05) is 0 Å². The number of thioether (sulfide) groups is 1. The molecule has 0 spiro atoms. The second-order valence-electron chi connectivity index (χ2n) is 4.28. The van der Waals surface area contributed by atoms with E-state index in [0.29, 0.717) is 11.8 Å². The van der Waals surface area contributed by atoms with Crippen LogP contribution in [-0.4, -0.2) is 36.3 Å². The van der Waals surface area contributed by atoms with Gasteiger partial charge >= 0.3 is 5.97 Å². The van der Waals surface area contributed by atoms with E-state index in [1.165, 1.54) is 18.0 Å². The van der Waals surface area contributed by atoms with E-state index in [1.54, 1.807) is 12.1 Å². The number of carboxylic acids is 1. The molecule has 0 amide bonds. The van der Waals surface area contributed by atoms with Crippen molar-refractivity contribution in [3.05, 3.63) is 29.6 Å². The first kappa shape index (κ1) is 12.1. The number of nitrogens with zero attached hydrogens (tertiary/aromatic N) is 5. The molecule has 3 rings (SSSR count). The number of rotatable bonds is 5. The second kappa shape index (κ2) is 4.96. The highest BCUT2D eigenvalue weighted by Crippen LogP contribution is 2.36. The average molecular weight is 277 g/mol. The Morgan fingerprint density at radius 2 is 2.37 bits per heavy atom. The molecule has 0 atom stereocenters.